The number of rotatable bonds is 7. The zero-order valence-corrected chi connectivity index (χ0v) is 17.6. The second kappa shape index (κ2) is 9.52. The number of carbonyl (C=O) groups excluding carboxylic acids is 3. The van der Waals surface area contributed by atoms with Crippen molar-refractivity contribution in [2.75, 3.05) is 19.8 Å². The van der Waals surface area contributed by atoms with Crippen LogP contribution < -0.4 is 9.47 Å². The number of thioether (sulfide) groups is 1. The van der Waals surface area contributed by atoms with Crippen LogP contribution in [0.3, 0.4) is 0 Å². The van der Waals surface area contributed by atoms with E-state index < -0.39 is 29.3 Å². The zero-order valence-electron chi connectivity index (χ0n) is 16.8. The molecular weight excluding hydrogens is 394 g/mol. The first-order chi connectivity index (χ1) is 13.6. The van der Waals surface area contributed by atoms with Crippen molar-refractivity contribution in [1.29, 1.82) is 0 Å². The highest BCUT2D eigenvalue weighted by atomic mass is 32.2. The Morgan fingerprint density at radius 1 is 1.24 bits per heavy atom. The fourth-order valence-electron chi connectivity index (χ4n) is 2.41. The normalized spacial score (nSPS) is 15.4. The lowest BCUT2D eigenvalue weighted by molar-refractivity contribution is -0.156. The van der Waals surface area contributed by atoms with Gasteiger partial charge < -0.3 is 14.2 Å². The largest absolute Gasteiger partial charge is 0.490 e. The fraction of sp³-hybridized carbons (Fsp3) is 0.381. The maximum Gasteiger partial charge on any atom is 0.326 e. The summed E-state index contributed by atoms with van der Waals surface area (Å²) in [6.45, 7) is 7.07. The zero-order chi connectivity index (χ0) is 21.6. The average molecular weight is 417 g/mol. The van der Waals surface area contributed by atoms with Crippen LogP contribution in [-0.4, -0.2) is 47.4 Å². The molecule has 0 atom stereocenters. The van der Waals surface area contributed by atoms with Gasteiger partial charge in [0, 0.05) is 0 Å². The molecule has 7 nitrogen and oxygen atoms in total. The Bertz CT molecular complexity index is 878. The number of carbonyl (C=O) groups is 3. The molecule has 8 heteroatoms. The van der Waals surface area contributed by atoms with Crippen molar-refractivity contribution >= 4 is 35.0 Å². The van der Waals surface area contributed by atoms with Crippen molar-refractivity contribution in [3.05, 3.63) is 28.7 Å². The third kappa shape index (κ3) is 6.29. The molecule has 1 aliphatic rings. The number of ether oxygens (including phenoxy) is 3. The predicted octanol–water partition coefficient (Wildman–Crippen LogP) is 3.48. The molecule has 0 bridgehead atoms. The van der Waals surface area contributed by atoms with Crippen LogP contribution in [0, 0.1) is 12.3 Å². The Hall–Kier alpha value is -2.92. The first-order valence-electron chi connectivity index (χ1n) is 8.95. The number of esters is 1. The second-order valence-corrected chi connectivity index (χ2v) is 7.98. The van der Waals surface area contributed by atoms with Gasteiger partial charge in [0.2, 0.25) is 0 Å². The summed E-state index contributed by atoms with van der Waals surface area (Å²) in [6.07, 6.45) is 6.78. The molecule has 154 valence electrons. The first kappa shape index (κ1) is 22.4. The highest BCUT2D eigenvalue weighted by molar-refractivity contribution is 8.18. The van der Waals surface area contributed by atoms with Crippen LogP contribution >= 0.6 is 11.8 Å². The average Bonchev–Trinajstić information content (AvgIpc) is 2.87. The maximum atomic E-state index is 12.6. The van der Waals surface area contributed by atoms with E-state index in [0.29, 0.717) is 23.7 Å². The van der Waals surface area contributed by atoms with E-state index in [1.54, 1.807) is 45.0 Å². The molecule has 0 aliphatic carbocycles. The van der Waals surface area contributed by atoms with Gasteiger partial charge in [-0.15, -0.1) is 6.42 Å². The summed E-state index contributed by atoms with van der Waals surface area (Å²) < 4.78 is 16.2. The van der Waals surface area contributed by atoms with Gasteiger partial charge in [-0.3, -0.25) is 19.3 Å². The highest BCUT2D eigenvalue weighted by Gasteiger charge is 2.37. The van der Waals surface area contributed by atoms with Crippen LogP contribution in [0.2, 0.25) is 0 Å². The van der Waals surface area contributed by atoms with Gasteiger partial charge in [-0.25, -0.2) is 0 Å². The summed E-state index contributed by atoms with van der Waals surface area (Å²) in [6, 6.07) is 5.09. The summed E-state index contributed by atoms with van der Waals surface area (Å²) in [4.78, 5) is 37.8. The minimum atomic E-state index is -0.701. The number of hydrogen-bond donors (Lipinski definition) is 0. The molecule has 2 amide bonds. The van der Waals surface area contributed by atoms with Crippen molar-refractivity contribution in [3.8, 4) is 23.8 Å². The lowest BCUT2D eigenvalue weighted by Gasteiger charge is -2.21. The summed E-state index contributed by atoms with van der Waals surface area (Å²) in [5, 5.41) is -0.522. The van der Waals surface area contributed by atoms with Crippen LogP contribution in [-0.2, 0) is 14.3 Å². The highest BCUT2D eigenvalue weighted by Crippen LogP contribution is 2.34. The maximum absolute atomic E-state index is 12.6. The molecule has 0 unspecified atom stereocenters. The van der Waals surface area contributed by atoms with Gasteiger partial charge >= 0.3 is 5.97 Å². The Morgan fingerprint density at radius 3 is 2.59 bits per heavy atom. The minimum Gasteiger partial charge on any atom is -0.490 e. The van der Waals surface area contributed by atoms with Gasteiger partial charge in [-0.2, -0.15) is 0 Å². The van der Waals surface area contributed by atoms with Gasteiger partial charge in [0.15, 0.2) is 11.5 Å². The standard InChI is InChI=1S/C21H23NO6S/c1-6-10-27-15-9-8-14(11-16(15)26-7-2)12-17-19(24)22(20(25)29-17)13-18(23)28-21(3,4)5/h1,8-9,11-12H,7,10,13H2,2-5H3. The third-order valence-corrected chi connectivity index (χ3v) is 4.36. The Balaban J connectivity index is 2.19. The smallest absolute Gasteiger partial charge is 0.326 e. The van der Waals surface area contributed by atoms with Crippen molar-refractivity contribution in [2.24, 2.45) is 0 Å². The van der Waals surface area contributed by atoms with Crippen molar-refractivity contribution < 1.29 is 28.6 Å². The summed E-state index contributed by atoms with van der Waals surface area (Å²) in [5.41, 5.74) is -0.0579. The van der Waals surface area contributed by atoms with Gasteiger partial charge in [-0.1, -0.05) is 12.0 Å². The van der Waals surface area contributed by atoms with Crippen LogP contribution in [0.25, 0.3) is 6.08 Å². The molecule has 1 heterocycles. The van der Waals surface area contributed by atoms with E-state index in [1.807, 2.05) is 6.92 Å². The van der Waals surface area contributed by atoms with E-state index in [9.17, 15) is 14.4 Å². The molecule has 1 saturated heterocycles. The van der Waals surface area contributed by atoms with E-state index in [2.05, 4.69) is 5.92 Å². The molecule has 1 aromatic carbocycles. The van der Waals surface area contributed by atoms with Crippen LogP contribution in [0.4, 0.5) is 4.79 Å². The van der Waals surface area contributed by atoms with Crippen LogP contribution in [0.1, 0.15) is 33.3 Å². The van der Waals surface area contributed by atoms with E-state index in [4.69, 9.17) is 20.6 Å². The molecule has 2 rings (SSSR count). The molecule has 0 saturated carbocycles. The fourth-order valence-corrected chi connectivity index (χ4v) is 3.25. The van der Waals surface area contributed by atoms with Crippen LogP contribution in [0.5, 0.6) is 11.5 Å². The summed E-state index contributed by atoms with van der Waals surface area (Å²) >= 11 is 0.766. The Kier molecular flexibility index (Phi) is 7.35. The first-order valence-corrected chi connectivity index (χ1v) is 9.76. The van der Waals surface area contributed by atoms with E-state index >= 15 is 0 Å². The topological polar surface area (TPSA) is 82.1 Å². The quantitative estimate of drug-likeness (QED) is 0.382. The SMILES string of the molecule is C#CCOc1ccc(C=C2SC(=O)N(CC(=O)OC(C)(C)C)C2=O)cc1OCC. The molecule has 29 heavy (non-hydrogen) atoms. The van der Waals surface area contributed by atoms with Crippen molar-refractivity contribution in [3.63, 3.8) is 0 Å². The lowest BCUT2D eigenvalue weighted by atomic mass is 10.2. The van der Waals surface area contributed by atoms with Crippen molar-refractivity contribution in [2.45, 2.75) is 33.3 Å². The van der Waals surface area contributed by atoms with Gasteiger partial charge in [0.1, 0.15) is 18.8 Å². The Labute approximate surface area is 174 Å². The minimum absolute atomic E-state index is 0.100. The molecule has 1 aliphatic heterocycles. The molecule has 0 N–H and O–H groups in total. The second-order valence-electron chi connectivity index (χ2n) is 6.99. The number of hydrogen-bond acceptors (Lipinski definition) is 7. The van der Waals surface area contributed by atoms with Gasteiger partial charge in [0.05, 0.1) is 11.5 Å². The molecule has 0 aromatic heterocycles. The number of amides is 2. The number of nitrogens with zero attached hydrogens (tertiary/aromatic N) is 1. The predicted molar refractivity (Wildman–Crippen MR) is 110 cm³/mol. The van der Waals surface area contributed by atoms with E-state index in [1.165, 1.54) is 0 Å². The molecule has 1 aromatic rings. The summed E-state index contributed by atoms with van der Waals surface area (Å²) in [5.74, 6) is 2.16. The van der Waals surface area contributed by atoms with Crippen molar-refractivity contribution in [1.82, 2.24) is 4.90 Å². The molecule has 0 radical (unpaired) electrons. The lowest BCUT2D eigenvalue weighted by Crippen LogP contribution is -2.37. The van der Waals surface area contributed by atoms with Gasteiger partial charge in [-0.05, 0) is 63.2 Å². The molecule has 0 spiro atoms. The van der Waals surface area contributed by atoms with E-state index in [0.717, 1.165) is 16.7 Å². The third-order valence-electron chi connectivity index (χ3n) is 3.46. The number of imide groups is 1. The summed E-state index contributed by atoms with van der Waals surface area (Å²) in [7, 11) is 0. The number of terminal acetylenes is 1. The molecular formula is C21H23NO6S. The van der Waals surface area contributed by atoms with Gasteiger partial charge in [0.25, 0.3) is 11.1 Å². The Morgan fingerprint density at radius 2 is 1.97 bits per heavy atom. The number of benzene rings is 1. The van der Waals surface area contributed by atoms with E-state index in [-0.39, 0.29) is 11.5 Å². The molecule has 1 fully saturated rings. The monoisotopic (exact) mass is 417 g/mol. The van der Waals surface area contributed by atoms with Crippen LogP contribution in [0.15, 0.2) is 23.1 Å².